The highest BCUT2D eigenvalue weighted by Gasteiger charge is 2.21. The van der Waals surface area contributed by atoms with Crippen molar-refractivity contribution in [3.8, 4) is 22.4 Å². The van der Waals surface area contributed by atoms with Gasteiger partial charge in [-0.05, 0) is 30.3 Å². The number of pyridine rings is 1. The minimum atomic E-state index is -0.392. The zero-order valence-electron chi connectivity index (χ0n) is 17.1. The van der Waals surface area contributed by atoms with E-state index in [0.29, 0.717) is 16.8 Å². The van der Waals surface area contributed by atoms with Crippen LogP contribution in [-0.4, -0.2) is 53.3 Å². The molecule has 0 radical (unpaired) electrons. The average Bonchev–Trinajstić information content (AvgIpc) is 2.79. The van der Waals surface area contributed by atoms with Crippen LogP contribution in [0.2, 0.25) is 0 Å². The van der Waals surface area contributed by atoms with Gasteiger partial charge in [-0.1, -0.05) is 43.5 Å². The van der Waals surface area contributed by atoms with Gasteiger partial charge < -0.3 is 9.80 Å². The summed E-state index contributed by atoms with van der Waals surface area (Å²) in [6.07, 6.45) is 6.37. The van der Waals surface area contributed by atoms with E-state index in [1.807, 2.05) is 24.3 Å². The first-order valence-corrected chi connectivity index (χ1v) is 9.91. The molecule has 0 amide bonds. The molecule has 4 rings (SSSR count). The van der Waals surface area contributed by atoms with Gasteiger partial charge in [-0.3, -0.25) is 4.98 Å². The van der Waals surface area contributed by atoms with Crippen LogP contribution in [0, 0.1) is 5.82 Å². The standard InChI is InChI=1S/C24H24FN5/c1-4-17-7-6-8-20(18(17)5-2)24-21(19-9-10-26-16-22(19)25)15-23(27-28-24)30-13-11-29(3)12-14-30/h4-10,15-16H,1-2,11-14H2,3H3. The number of nitrogens with zero attached hydrogens (tertiary/aromatic N) is 5. The highest BCUT2D eigenvalue weighted by molar-refractivity contribution is 5.88. The van der Waals surface area contributed by atoms with Crippen molar-refractivity contribution in [1.82, 2.24) is 20.1 Å². The van der Waals surface area contributed by atoms with E-state index in [2.05, 4.69) is 45.2 Å². The van der Waals surface area contributed by atoms with Crippen molar-refractivity contribution in [2.45, 2.75) is 0 Å². The molecule has 152 valence electrons. The maximum atomic E-state index is 14.8. The van der Waals surface area contributed by atoms with Gasteiger partial charge in [0, 0.05) is 49.1 Å². The number of hydrogen-bond acceptors (Lipinski definition) is 5. The predicted octanol–water partition coefficient (Wildman–Crippen LogP) is 4.38. The van der Waals surface area contributed by atoms with Crippen LogP contribution in [0.25, 0.3) is 34.5 Å². The van der Waals surface area contributed by atoms with Gasteiger partial charge >= 0.3 is 0 Å². The van der Waals surface area contributed by atoms with E-state index < -0.39 is 5.82 Å². The Morgan fingerprint density at radius 3 is 2.47 bits per heavy atom. The molecule has 2 aromatic heterocycles. The molecule has 1 aliphatic rings. The lowest BCUT2D eigenvalue weighted by molar-refractivity contribution is 0.312. The molecule has 0 aliphatic carbocycles. The fraction of sp³-hybridized carbons (Fsp3) is 0.208. The SMILES string of the molecule is C=Cc1cccc(-c2nnc(N3CCN(C)CC3)cc2-c2ccncc2F)c1C=C. The monoisotopic (exact) mass is 401 g/mol. The zero-order chi connectivity index (χ0) is 21.1. The number of benzene rings is 1. The van der Waals surface area contributed by atoms with E-state index in [1.54, 1.807) is 24.4 Å². The first-order valence-electron chi connectivity index (χ1n) is 9.91. The summed E-state index contributed by atoms with van der Waals surface area (Å²) in [7, 11) is 2.10. The number of anilines is 1. The van der Waals surface area contributed by atoms with Gasteiger partial charge in [0.15, 0.2) is 5.82 Å². The Balaban J connectivity index is 1.90. The highest BCUT2D eigenvalue weighted by atomic mass is 19.1. The molecule has 1 aromatic carbocycles. The second-order valence-electron chi connectivity index (χ2n) is 7.33. The summed E-state index contributed by atoms with van der Waals surface area (Å²) in [5.74, 6) is 0.356. The highest BCUT2D eigenvalue weighted by Crippen LogP contribution is 2.36. The Labute approximate surface area is 176 Å². The fourth-order valence-corrected chi connectivity index (χ4v) is 3.76. The Kier molecular flexibility index (Phi) is 5.68. The molecular formula is C24H24FN5. The molecule has 0 atom stereocenters. The third kappa shape index (κ3) is 3.74. The van der Waals surface area contributed by atoms with Crippen molar-refractivity contribution >= 4 is 18.0 Å². The summed E-state index contributed by atoms with van der Waals surface area (Å²) in [4.78, 5) is 8.36. The van der Waals surface area contributed by atoms with E-state index in [9.17, 15) is 4.39 Å². The lowest BCUT2D eigenvalue weighted by atomic mass is 9.94. The van der Waals surface area contributed by atoms with Gasteiger partial charge in [0.25, 0.3) is 0 Å². The smallest absolute Gasteiger partial charge is 0.151 e. The summed E-state index contributed by atoms with van der Waals surface area (Å²) in [5, 5.41) is 9.08. The van der Waals surface area contributed by atoms with Gasteiger partial charge in [-0.2, -0.15) is 0 Å². The second-order valence-corrected chi connectivity index (χ2v) is 7.33. The number of aromatic nitrogens is 3. The Hall–Kier alpha value is -3.38. The third-order valence-corrected chi connectivity index (χ3v) is 5.49. The molecule has 3 heterocycles. The maximum Gasteiger partial charge on any atom is 0.151 e. The van der Waals surface area contributed by atoms with Crippen LogP contribution >= 0.6 is 0 Å². The van der Waals surface area contributed by atoms with Gasteiger partial charge in [-0.25, -0.2) is 4.39 Å². The average molecular weight is 401 g/mol. The molecule has 6 heteroatoms. The lowest BCUT2D eigenvalue weighted by Gasteiger charge is -2.33. The molecule has 30 heavy (non-hydrogen) atoms. The third-order valence-electron chi connectivity index (χ3n) is 5.49. The largest absolute Gasteiger partial charge is 0.353 e. The van der Waals surface area contributed by atoms with Crippen molar-refractivity contribution in [1.29, 1.82) is 0 Å². The molecule has 0 bridgehead atoms. The Morgan fingerprint density at radius 2 is 1.77 bits per heavy atom. The van der Waals surface area contributed by atoms with Crippen LogP contribution < -0.4 is 4.90 Å². The molecule has 0 saturated carbocycles. The van der Waals surface area contributed by atoms with Crippen LogP contribution in [0.15, 0.2) is 55.9 Å². The van der Waals surface area contributed by atoms with E-state index in [4.69, 9.17) is 0 Å². The summed E-state index contributed by atoms with van der Waals surface area (Å²) in [6, 6.07) is 9.45. The first-order chi connectivity index (χ1) is 14.6. The summed E-state index contributed by atoms with van der Waals surface area (Å²) in [6.45, 7) is 11.4. The normalized spacial score (nSPS) is 14.5. The van der Waals surface area contributed by atoms with Gasteiger partial charge in [0.1, 0.15) is 11.5 Å². The molecule has 0 N–H and O–H groups in total. The van der Waals surface area contributed by atoms with Crippen LogP contribution in [0.5, 0.6) is 0 Å². The molecule has 3 aromatic rings. The number of halogens is 1. The minimum Gasteiger partial charge on any atom is -0.353 e. The number of hydrogen-bond donors (Lipinski definition) is 0. The molecule has 0 spiro atoms. The van der Waals surface area contributed by atoms with E-state index in [-0.39, 0.29) is 0 Å². The topological polar surface area (TPSA) is 45.2 Å². The van der Waals surface area contributed by atoms with E-state index in [1.165, 1.54) is 6.20 Å². The van der Waals surface area contributed by atoms with Crippen molar-refractivity contribution < 1.29 is 4.39 Å². The first kappa shape index (κ1) is 19.9. The van der Waals surface area contributed by atoms with Crippen LogP contribution in [0.1, 0.15) is 11.1 Å². The number of likely N-dealkylation sites (N-methyl/N-ethyl adjacent to an activating group) is 1. The fourth-order valence-electron chi connectivity index (χ4n) is 3.76. The zero-order valence-corrected chi connectivity index (χ0v) is 17.1. The second kappa shape index (κ2) is 8.55. The molecule has 1 aliphatic heterocycles. The molecule has 0 unspecified atom stereocenters. The van der Waals surface area contributed by atoms with Crippen LogP contribution in [0.3, 0.4) is 0 Å². The molecule has 1 fully saturated rings. The Morgan fingerprint density at radius 1 is 0.967 bits per heavy atom. The maximum absolute atomic E-state index is 14.8. The lowest BCUT2D eigenvalue weighted by Crippen LogP contribution is -2.44. The quantitative estimate of drug-likeness (QED) is 0.635. The summed E-state index contributed by atoms with van der Waals surface area (Å²) in [5.41, 5.74) is 4.41. The molecule has 1 saturated heterocycles. The van der Waals surface area contributed by atoms with Gasteiger partial charge in [0.05, 0.1) is 6.20 Å². The van der Waals surface area contributed by atoms with Crippen molar-refractivity contribution in [3.05, 3.63) is 72.8 Å². The van der Waals surface area contributed by atoms with Crippen molar-refractivity contribution in [2.75, 3.05) is 38.1 Å². The van der Waals surface area contributed by atoms with Crippen LogP contribution in [-0.2, 0) is 0 Å². The van der Waals surface area contributed by atoms with E-state index >= 15 is 0 Å². The number of piperazine rings is 1. The summed E-state index contributed by atoms with van der Waals surface area (Å²) >= 11 is 0. The molecular weight excluding hydrogens is 377 g/mol. The van der Waals surface area contributed by atoms with Crippen molar-refractivity contribution in [3.63, 3.8) is 0 Å². The summed E-state index contributed by atoms with van der Waals surface area (Å²) < 4.78 is 14.8. The van der Waals surface area contributed by atoms with Crippen molar-refractivity contribution in [2.24, 2.45) is 0 Å². The molecule has 5 nitrogen and oxygen atoms in total. The predicted molar refractivity (Wildman–Crippen MR) is 121 cm³/mol. The minimum absolute atomic E-state index is 0.392. The van der Waals surface area contributed by atoms with Gasteiger partial charge in [0.2, 0.25) is 0 Å². The van der Waals surface area contributed by atoms with E-state index in [0.717, 1.165) is 48.7 Å². The number of rotatable bonds is 5. The Bertz CT molecular complexity index is 1090. The van der Waals surface area contributed by atoms with Gasteiger partial charge in [-0.15, -0.1) is 10.2 Å². The van der Waals surface area contributed by atoms with Crippen LogP contribution in [0.4, 0.5) is 10.2 Å².